The second kappa shape index (κ2) is 10.1. The number of amides is 2. The highest BCUT2D eigenvalue weighted by Gasteiger charge is 2.20. The number of rotatable bonds is 8. The molecule has 0 heterocycles. The lowest BCUT2D eigenvalue weighted by atomic mass is 10.2. The topological polar surface area (TPSA) is 58.2 Å². The number of nitrogens with one attached hydrogen (secondary N) is 2. The van der Waals surface area contributed by atoms with Crippen LogP contribution in [0.2, 0.25) is 0 Å². The Morgan fingerprint density at radius 1 is 0.929 bits per heavy atom. The van der Waals surface area contributed by atoms with Crippen molar-refractivity contribution in [2.75, 3.05) is 16.4 Å². The minimum atomic E-state index is -1.67. The van der Waals surface area contributed by atoms with Crippen molar-refractivity contribution in [2.45, 2.75) is 31.1 Å². The molecule has 0 aliphatic carbocycles. The third-order valence-electron chi connectivity index (χ3n) is 3.64. The van der Waals surface area contributed by atoms with Gasteiger partial charge in [-0.05, 0) is 30.7 Å². The number of carbonyl (C=O) groups is 2. The van der Waals surface area contributed by atoms with E-state index in [1.807, 2.05) is 12.2 Å². The second-order valence-corrected chi connectivity index (χ2v) is 6.90. The van der Waals surface area contributed by atoms with Crippen molar-refractivity contribution in [3.63, 3.8) is 0 Å². The van der Waals surface area contributed by atoms with E-state index in [9.17, 15) is 27.2 Å². The number of unbranched alkanes of at least 4 members (excludes halogenated alkanes) is 1. The van der Waals surface area contributed by atoms with Crippen LogP contribution in [0.3, 0.4) is 0 Å². The Morgan fingerprint density at radius 3 is 2.11 bits per heavy atom. The van der Waals surface area contributed by atoms with Gasteiger partial charge in [0.15, 0.2) is 23.3 Å². The van der Waals surface area contributed by atoms with Gasteiger partial charge in [-0.2, -0.15) is 0 Å². The molecule has 150 valence electrons. The maximum absolute atomic E-state index is 13.6. The van der Waals surface area contributed by atoms with Gasteiger partial charge < -0.3 is 10.6 Å². The Morgan fingerprint density at radius 2 is 1.54 bits per heavy atom. The minimum absolute atomic E-state index is 0.0671. The van der Waals surface area contributed by atoms with Crippen molar-refractivity contribution < 1.29 is 27.2 Å². The summed E-state index contributed by atoms with van der Waals surface area (Å²) in [6.07, 6.45) is 2.15. The minimum Gasteiger partial charge on any atom is -0.326 e. The first-order valence-corrected chi connectivity index (χ1v) is 9.46. The van der Waals surface area contributed by atoms with Crippen molar-refractivity contribution in [3.05, 3.63) is 53.6 Å². The molecule has 2 amide bonds. The molecule has 0 aromatic heterocycles. The summed E-state index contributed by atoms with van der Waals surface area (Å²) in [5, 5.41) is 4.58. The van der Waals surface area contributed by atoms with Gasteiger partial charge in [-0.1, -0.05) is 13.3 Å². The van der Waals surface area contributed by atoms with Gasteiger partial charge >= 0.3 is 0 Å². The molecule has 0 bridgehead atoms. The zero-order chi connectivity index (χ0) is 20.7. The molecule has 0 spiro atoms. The van der Waals surface area contributed by atoms with E-state index in [0.717, 1.165) is 24.6 Å². The molecule has 0 fully saturated rings. The zero-order valence-electron chi connectivity index (χ0n) is 15.0. The van der Waals surface area contributed by atoms with E-state index in [0.29, 0.717) is 17.0 Å². The fourth-order valence-electron chi connectivity index (χ4n) is 2.20. The van der Waals surface area contributed by atoms with E-state index in [2.05, 4.69) is 5.32 Å². The third kappa shape index (κ3) is 5.98. The van der Waals surface area contributed by atoms with Crippen LogP contribution >= 0.6 is 11.8 Å². The molecule has 0 aliphatic heterocycles. The molecule has 9 heteroatoms. The number of benzene rings is 2. The van der Waals surface area contributed by atoms with Crippen LogP contribution in [0.4, 0.5) is 28.9 Å². The van der Waals surface area contributed by atoms with Crippen LogP contribution in [0.15, 0.2) is 35.2 Å². The highest BCUT2D eigenvalue weighted by atomic mass is 32.2. The molecule has 0 aliphatic rings. The average Bonchev–Trinajstić information content (AvgIpc) is 2.67. The van der Waals surface area contributed by atoms with Gasteiger partial charge in [-0.15, -0.1) is 11.8 Å². The molecule has 0 saturated carbocycles. The number of thioether (sulfide) groups is 1. The zero-order valence-corrected chi connectivity index (χ0v) is 15.8. The Bertz CT molecular complexity index is 834. The first-order valence-electron chi connectivity index (χ1n) is 8.47. The molecule has 2 aromatic rings. The number of carbonyl (C=O) groups excluding carboxylic acids is 2. The first-order chi connectivity index (χ1) is 13.3. The second-order valence-electron chi connectivity index (χ2n) is 5.86. The summed E-state index contributed by atoms with van der Waals surface area (Å²) in [6.45, 7) is 1.99. The summed E-state index contributed by atoms with van der Waals surface area (Å²) in [5.41, 5.74) is -0.553. The van der Waals surface area contributed by atoms with Crippen molar-refractivity contribution in [3.8, 4) is 0 Å². The van der Waals surface area contributed by atoms with Crippen LogP contribution in [0, 0.1) is 23.3 Å². The SMILES string of the molecule is CCCCC(=O)Nc1ccc(SCC(=O)Nc2c(F)c(F)cc(F)c2F)cc1. The van der Waals surface area contributed by atoms with Crippen LogP contribution in [-0.4, -0.2) is 17.6 Å². The van der Waals surface area contributed by atoms with Crippen molar-refractivity contribution in [2.24, 2.45) is 0 Å². The largest absolute Gasteiger partial charge is 0.326 e. The molecule has 28 heavy (non-hydrogen) atoms. The highest BCUT2D eigenvalue weighted by molar-refractivity contribution is 8.00. The monoisotopic (exact) mass is 414 g/mol. The molecule has 2 N–H and O–H groups in total. The molecule has 4 nitrogen and oxygen atoms in total. The fraction of sp³-hybridized carbons (Fsp3) is 0.263. The predicted molar refractivity (Wildman–Crippen MR) is 100 cm³/mol. The van der Waals surface area contributed by atoms with Crippen LogP contribution in [0.25, 0.3) is 0 Å². The number of anilines is 2. The third-order valence-corrected chi connectivity index (χ3v) is 4.65. The summed E-state index contributed by atoms with van der Waals surface area (Å²) < 4.78 is 53.4. The number of hydrogen-bond donors (Lipinski definition) is 2. The van der Waals surface area contributed by atoms with Gasteiger partial charge in [-0.25, -0.2) is 17.6 Å². The van der Waals surface area contributed by atoms with E-state index < -0.39 is 34.9 Å². The molecular formula is C19H18F4N2O2S. The molecule has 0 radical (unpaired) electrons. The van der Waals surface area contributed by atoms with Gasteiger partial charge in [0, 0.05) is 23.1 Å². The molecule has 0 saturated heterocycles. The van der Waals surface area contributed by atoms with Crippen molar-refractivity contribution in [1.29, 1.82) is 0 Å². The molecular weight excluding hydrogens is 396 g/mol. The van der Waals surface area contributed by atoms with Gasteiger partial charge in [-0.3, -0.25) is 9.59 Å². The summed E-state index contributed by atoms with van der Waals surface area (Å²) in [4.78, 5) is 24.2. The standard InChI is InChI=1S/C19H18F4N2O2S/c1-2-3-4-15(26)24-11-5-7-12(8-6-11)28-10-16(27)25-19-17(22)13(20)9-14(21)18(19)23/h5-9H,2-4,10H2,1H3,(H,24,26)(H,25,27). The highest BCUT2D eigenvalue weighted by Crippen LogP contribution is 2.25. The summed E-state index contributed by atoms with van der Waals surface area (Å²) in [6, 6.07) is 6.71. The average molecular weight is 414 g/mol. The van der Waals surface area contributed by atoms with Crippen LogP contribution < -0.4 is 10.6 Å². The number of hydrogen-bond acceptors (Lipinski definition) is 3. The van der Waals surface area contributed by atoms with Gasteiger partial charge in [0.2, 0.25) is 11.8 Å². The van der Waals surface area contributed by atoms with E-state index >= 15 is 0 Å². The summed E-state index contributed by atoms with van der Waals surface area (Å²) in [5.74, 6) is -7.69. The Labute approximate surface area is 163 Å². The molecule has 2 rings (SSSR count). The maximum Gasteiger partial charge on any atom is 0.234 e. The lowest BCUT2D eigenvalue weighted by Gasteiger charge is -2.09. The Kier molecular flexibility index (Phi) is 7.86. The van der Waals surface area contributed by atoms with E-state index in [1.165, 1.54) is 0 Å². The fourth-order valence-corrected chi connectivity index (χ4v) is 2.90. The maximum atomic E-state index is 13.6. The predicted octanol–water partition coefficient (Wildman–Crippen LogP) is 5.10. The van der Waals surface area contributed by atoms with Crippen molar-refractivity contribution >= 4 is 35.0 Å². The van der Waals surface area contributed by atoms with E-state index in [1.54, 1.807) is 24.3 Å². The van der Waals surface area contributed by atoms with Crippen LogP contribution in [0.1, 0.15) is 26.2 Å². The van der Waals surface area contributed by atoms with Gasteiger partial charge in [0.1, 0.15) is 5.69 Å². The van der Waals surface area contributed by atoms with Gasteiger partial charge in [0.05, 0.1) is 5.75 Å². The molecule has 0 unspecified atom stereocenters. The lowest BCUT2D eigenvalue weighted by molar-refractivity contribution is -0.116. The van der Waals surface area contributed by atoms with E-state index in [4.69, 9.17) is 0 Å². The smallest absolute Gasteiger partial charge is 0.234 e. The Hall–Kier alpha value is -2.55. The van der Waals surface area contributed by atoms with Crippen LogP contribution in [-0.2, 0) is 9.59 Å². The molecule has 2 aromatic carbocycles. The van der Waals surface area contributed by atoms with E-state index in [-0.39, 0.29) is 17.7 Å². The van der Waals surface area contributed by atoms with Crippen molar-refractivity contribution in [1.82, 2.24) is 0 Å². The number of halogens is 4. The first kappa shape index (κ1) is 21.7. The van der Waals surface area contributed by atoms with Gasteiger partial charge in [0.25, 0.3) is 0 Å². The summed E-state index contributed by atoms with van der Waals surface area (Å²) in [7, 11) is 0. The lowest BCUT2D eigenvalue weighted by Crippen LogP contribution is -2.17. The van der Waals surface area contributed by atoms with Crippen LogP contribution in [0.5, 0.6) is 0 Å². The normalized spacial score (nSPS) is 10.6. The quantitative estimate of drug-likeness (QED) is 0.359. The molecule has 0 atom stereocenters. The summed E-state index contributed by atoms with van der Waals surface area (Å²) >= 11 is 1.05. The Balaban J connectivity index is 1.91.